The first-order valence-corrected chi connectivity index (χ1v) is 3.59. The Morgan fingerprint density at radius 2 is 2.23 bits per heavy atom. The van der Waals surface area contributed by atoms with Crippen LogP contribution in [0.25, 0.3) is 0 Å². The Hall–Kier alpha value is -1.91. The molecule has 0 saturated carbocycles. The number of aromatic amines is 1. The summed E-state index contributed by atoms with van der Waals surface area (Å²) in [7, 11) is 0. The second kappa shape index (κ2) is 3.66. The van der Waals surface area contributed by atoms with Gasteiger partial charge in [-0.3, -0.25) is 14.4 Å². The van der Waals surface area contributed by atoms with Gasteiger partial charge in [-0.25, -0.2) is 0 Å². The van der Waals surface area contributed by atoms with Crippen LogP contribution in [-0.4, -0.2) is 17.2 Å². The van der Waals surface area contributed by atoms with Crippen LogP contribution >= 0.6 is 0 Å². The van der Waals surface area contributed by atoms with Gasteiger partial charge in [-0.05, 0) is 6.07 Å². The molecule has 0 radical (unpaired) electrons. The topological polar surface area (TPSA) is 79.0 Å². The highest BCUT2D eigenvalue weighted by Crippen LogP contribution is 2.00. The van der Waals surface area contributed by atoms with E-state index in [0.29, 0.717) is 6.29 Å². The molecule has 0 saturated heterocycles. The molecule has 1 rings (SSSR count). The fourth-order valence-electron chi connectivity index (χ4n) is 0.890. The molecule has 1 aromatic heterocycles. The van der Waals surface area contributed by atoms with Crippen molar-refractivity contribution in [1.82, 2.24) is 4.98 Å². The van der Waals surface area contributed by atoms with Crippen LogP contribution in [0.4, 0.5) is 5.82 Å². The van der Waals surface area contributed by atoms with E-state index in [1.54, 1.807) is 0 Å². The van der Waals surface area contributed by atoms with Gasteiger partial charge < -0.3 is 10.3 Å². The Morgan fingerprint density at radius 3 is 2.77 bits per heavy atom. The van der Waals surface area contributed by atoms with Gasteiger partial charge in [0.25, 0.3) is 0 Å². The van der Waals surface area contributed by atoms with E-state index in [-0.39, 0.29) is 17.3 Å². The highest BCUT2D eigenvalue weighted by molar-refractivity contribution is 5.88. The van der Waals surface area contributed by atoms with Gasteiger partial charge in [0.15, 0.2) is 0 Å². The molecule has 0 aliphatic carbocycles. The number of pyridine rings is 1. The summed E-state index contributed by atoms with van der Waals surface area (Å²) in [4.78, 5) is 34.2. The third kappa shape index (κ3) is 2.55. The number of carbonyl (C=O) groups is 2. The van der Waals surface area contributed by atoms with E-state index in [9.17, 15) is 14.4 Å². The molecule has 2 N–H and O–H groups in total. The number of aromatic nitrogens is 1. The number of hydrogen-bond acceptors (Lipinski definition) is 3. The number of hydrogen-bond donors (Lipinski definition) is 2. The van der Waals surface area contributed by atoms with E-state index in [1.165, 1.54) is 13.0 Å². The first-order valence-electron chi connectivity index (χ1n) is 3.59. The fraction of sp³-hybridized carbons (Fsp3) is 0.125. The van der Waals surface area contributed by atoms with Crippen molar-refractivity contribution in [2.24, 2.45) is 0 Å². The predicted octanol–water partition coefficient (Wildman–Crippen LogP) is 0.146. The predicted molar refractivity (Wildman–Crippen MR) is 46.8 cm³/mol. The van der Waals surface area contributed by atoms with Gasteiger partial charge in [-0.1, -0.05) is 0 Å². The normalized spacial score (nSPS) is 9.31. The maximum Gasteiger partial charge on any atom is 0.250 e. The van der Waals surface area contributed by atoms with Crippen molar-refractivity contribution in [3.05, 3.63) is 28.0 Å². The quantitative estimate of drug-likeness (QED) is 0.635. The number of H-pyrrole nitrogens is 1. The van der Waals surface area contributed by atoms with E-state index in [1.807, 2.05) is 0 Å². The van der Waals surface area contributed by atoms with E-state index in [0.717, 1.165) is 6.07 Å². The lowest BCUT2D eigenvalue weighted by atomic mass is 10.3. The van der Waals surface area contributed by atoms with Crippen molar-refractivity contribution in [2.75, 3.05) is 5.32 Å². The second-order valence-electron chi connectivity index (χ2n) is 2.49. The van der Waals surface area contributed by atoms with Gasteiger partial charge >= 0.3 is 0 Å². The molecule has 68 valence electrons. The van der Waals surface area contributed by atoms with Crippen LogP contribution in [0, 0.1) is 0 Å². The number of anilines is 1. The van der Waals surface area contributed by atoms with Crippen LogP contribution in [-0.2, 0) is 4.79 Å². The number of nitrogens with one attached hydrogen (secondary N) is 2. The molecule has 0 unspecified atom stereocenters. The highest BCUT2D eigenvalue weighted by Gasteiger charge is 1.99. The van der Waals surface area contributed by atoms with Gasteiger partial charge in [0.2, 0.25) is 11.5 Å². The van der Waals surface area contributed by atoms with E-state index < -0.39 is 5.56 Å². The minimum atomic E-state index is -0.423. The van der Waals surface area contributed by atoms with Crippen molar-refractivity contribution in [3.8, 4) is 0 Å². The van der Waals surface area contributed by atoms with Crippen LogP contribution in [0.15, 0.2) is 16.9 Å². The first kappa shape index (κ1) is 9.18. The third-order valence-corrected chi connectivity index (χ3v) is 1.31. The van der Waals surface area contributed by atoms with Crippen molar-refractivity contribution in [2.45, 2.75) is 6.92 Å². The summed E-state index contributed by atoms with van der Waals surface area (Å²) in [5, 5.41) is 2.37. The molecule has 13 heavy (non-hydrogen) atoms. The van der Waals surface area contributed by atoms with Crippen LogP contribution < -0.4 is 10.9 Å². The van der Waals surface area contributed by atoms with Crippen LogP contribution in [0.5, 0.6) is 0 Å². The molecule has 1 heterocycles. The first-order chi connectivity index (χ1) is 6.11. The Morgan fingerprint density at radius 1 is 1.54 bits per heavy atom. The molecule has 0 aliphatic rings. The molecule has 0 fully saturated rings. The number of carbonyl (C=O) groups excluding carboxylic acids is 2. The van der Waals surface area contributed by atoms with Crippen molar-refractivity contribution >= 4 is 18.0 Å². The molecule has 0 bridgehead atoms. The lowest BCUT2D eigenvalue weighted by molar-refractivity contribution is -0.114. The number of aldehydes is 1. The van der Waals surface area contributed by atoms with E-state index >= 15 is 0 Å². The fourth-order valence-corrected chi connectivity index (χ4v) is 0.890. The van der Waals surface area contributed by atoms with Crippen molar-refractivity contribution < 1.29 is 9.59 Å². The van der Waals surface area contributed by atoms with Crippen LogP contribution in [0.2, 0.25) is 0 Å². The summed E-state index contributed by atoms with van der Waals surface area (Å²) in [6.45, 7) is 1.31. The highest BCUT2D eigenvalue weighted by atomic mass is 16.1. The Kier molecular flexibility index (Phi) is 2.59. The van der Waals surface area contributed by atoms with Gasteiger partial charge in [0, 0.05) is 18.6 Å². The van der Waals surface area contributed by atoms with Crippen LogP contribution in [0.3, 0.4) is 0 Å². The van der Waals surface area contributed by atoms with Crippen LogP contribution in [0.1, 0.15) is 17.3 Å². The molecule has 0 aliphatic heterocycles. The lowest BCUT2D eigenvalue weighted by Gasteiger charge is -2.00. The minimum Gasteiger partial charge on any atom is -0.312 e. The molecule has 1 amide bonds. The molecule has 0 spiro atoms. The third-order valence-electron chi connectivity index (χ3n) is 1.31. The lowest BCUT2D eigenvalue weighted by Crippen LogP contribution is -2.13. The SMILES string of the molecule is CC(=O)Nc1cc(C=O)cc(=O)[nH]1. The molecule has 0 aromatic carbocycles. The molecule has 0 atom stereocenters. The van der Waals surface area contributed by atoms with Crippen molar-refractivity contribution in [1.29, 1.82) is 0 Å². The molecular formula is C8H8N2O3. The molecule has 5 nitrogen and oxygen atoms in total. The standard InChI is InChI=1S/C8H8N2O3/c1-5(12)9-7-2-6(4-11)3-8(13)10-7/h2-4H,1H3,(H2,9,10,12,13). The van der Waals surface area contributed by atoms with Crippen molar-refractivity contribution in [3.63, 3.8) is 0 Å². The van der Waals surface area contributed by atoms with E-state index in [2.05, 4.69) is 10.3 Å². The maximum absolute atomic E-state index is 10.9. The summed E-state index contributed by atoms with van der Waals surface area (Å²) < 4.78 is 0. The van der Waals surface area contributed by atoms with Gasteiger partial charge in [0.05, 0.1) is 0 Å². The summed E-state index contributed by atoms with van der Waals surface area (Å²) in [5.41, 5.74) is -0.194. The summed E-state index contributed by atoms with van der Waals surface area (Å²) >= 11 is 0. The van der Waals surface area contributed by atoms with Gasteiger partial charge in [0.1, 0.15) is 12.1 Å². The number of amides is 1. The minimum absolute atomic E-state index is 0.224. The zero-order chi connectivity index (χ0) is 9.84. The smallest absolute Gasteiger partial charge is 0.250 e. The second-order valence-corrected chi connectivity index (χ2v) is 2.49. The Balaban J connectivity index is 3.08. The Labute approximate surface area is 73.8 Å². The summed E-state index contributed by atoms with van der Waals surface area (Å²) in [5.74, 6) is -0.0826. The van der Waals surface area contributed by atoms with Gasteiger partial charge in [-0.15, -0.1) is 0 Å². The van der Waals surface area contributed by atoms with E-state index in [4.69, 9.17) is 0 Å². The summed E-state index contributed by atoms with van der Waals surface area (Å²) in [6.07, 6.45) is 0.542. The number of rotatable bonds is 2. The monoisotopic (exact) mass is 180 g/mol. The maximum atomic E-state index is 10.9. The van der Waals surface area contributed by atoms with Gasteiger partial charge in [-0.2, -0.15) is 0 Å². The zero-order valence-electron chi connectivity index (χ0n) is 6.96. The largest absolute Gasteiger partial charge is 0.312 e. The Bertz CT molecular complexity index is 395. The molecular weight excluding hydrogens is 172 g/mol. The molecule has 1 aromatic rings. The average molecular weight is 180 g/mol. The zero-order valence-corrected chi connectivity index (χ0v) is 6.96. The average Bonchev–Trinajstić information content (AvgIpc) is 2.01. The summed E-state index contributed by atoms with van der Waals surface area (Å²) in [6, 6.07) is 2.54. The molecule has 5 heteroatoms.